The Hall–Kier alpha value is -1.88. The van der Waals surface area contributed by atoms with Gasteiger partial charge >= 0.3 is 0 Å². The number of carbonyl (C=O) groups excluding carboxylic acids is 2. The number of nitrogens with two attached hydrogens (primary N) is 1. The molecular formula is C19H29N3O2. The average Bonchev–Trinajstić information content (AvgIpc) is 2.61. The molecule has 1 aliphatic rings. The Bertz CT molecular complexity index is 537. The van der Waals surface area contributed by atoms with E-state index in [4.69, 9.17) is 5.73 Å². The summed E-state index contributed by atoms with van der Waals surface area (Å²) in [5.41, 5.74) is 7.08. The summed E-state index contributed by atoms with van der Waals surface area (Å²) in [5, 5.41) is 0. The SMILES string of the molecule is CC(N)C(C)C(=O)N1CCN(C(=O)CCCc2ccccc2)CC1. The fourth-order valence-electron chi connectivity index (χ4n) is 2.94. The fraction of sp³-hybridized carbons (Fsp3) is 0.579. The Morgan fingerprint density at radius 3 is 2.21 bits per heavy atom. The van der Waals surface area contributed by atoms with Gasteiger partial charge in [-0.3, -0.25) is 9.59 Å². The lowest BCUT2D eigenvalue weighted by molar-refractivity contribution is -0.142. The number of nitrogens with zero attached hydrogens (tertiary/aromatic N) is 2. The molecule has 0 spiro atoms. The maximum atomic E-state index is 12.3. The summed E-state index contributed by atoms with van der Waals surface area (Å²) in [5.74, 6) is 0.123. The molecule has 5 heteroatoms. The van der Waals surface area contributed by atoms with Crippen molar-refractivity contribution in [3.05, 3.63) is 35.9 Å². The lowest BCUT2D eigenvalue weighted by atomic mass is 10.0. The first-order chi connectivity index (χ1) is 11.5. The zero-order valence-electron chi connectivity index (χ0n) is 14.8. The molecule has 1 fully saturated rings. The van der Waals surface area contributed by atoms with Gasteiger partial charge < -0.3 is 15.5 Å². The average molecular weight is 331 g/mol. The highest BCUT2D eigenvalue weighted by atomic mass is 16.2. The van der Waals surface area contributed by atoms with Crippen molar-refractivity contribution in [2.75, 3.05) is 26.2 Å². The Labute approximate surface area is 144 Å². The molecule has 24 heavy (non-hydrogen) atoms. The minimum Gasteiger partial charge on any atom is -0.339 e. The number of hydrogen-bond acceptors (Lipinski definition) is 3. The first kappa shape index (κ1) is 18.5. The smallest absolute Gasteiger partial charge is 0.227 e. The summed E-state index contributed by atoms with van der Waals surface area (Å²) < 4.78 is 0. The maximum Gasteiger partial charge on any atom is 0.227 e. The predicted molar refractivity (Wildman–Crippen MR) is 95.4 cm³/mol. The van der Waals surface area contributed by atoms with Crippen LogP contribution in [0.25, 0.3) is 0 Å². The van der Waals surface area contributed by atoms with E-state index in [1.165, 1.54) is 5.56 Å². The molecule has 1 saturated heterocycles. The standard InChI is InChI=1S/C19H29N3O2/c1-15(16(2)20)19(24)22-13-11-21(12-14-22)18(23)10-6-9-17-7-4-3-5-8-17/h3-5,7-8,15-16H,6,9-14,20H2,1-2H3. The van der Waals surface area contributed by atoms with E-state index < -0.39 is 0 Å². The second kappa shape index (κ2) is 8.83. The molecule has 0 aliphatic carbocycles. The van der Waals surface area contributed by atoms with Gasteiger partial charge in [0.25, 0.3) is 0 Å². The van der Waals surface area contributed by atoms with E-state index in [-0.39, 0.29) is 23.8 Å². The van der Waals surface area contributed by atoms with Crippen LogP contribution < -0.4 is 5.73 Å². The molecule has 1 aromatic rings. The highest BCUT2D eigenvalue weighted by molar-refractivity contribution is 5.80. The van der Waals surface area contributed by atoms with Crippen molar-refractivity contribution in [2.45, 2.75) is 39.2 Å². The Morgan fingerprint density at radius 2 is 1.62 bits per heavy atom. The fourth-order valence-corrected chi connectivity index (χ4v) is 2.94. The van der Waals surface area contributed by atoms with Crippen molar-refractivity contribution in [3.8, 4) is 0 Å². The number of rotatable bonds is 6. The van der Waals surface area contributed by atoms with Crippen LogP contribution in [0.15, 0.2) is 30.3 Å². The van der Waals surface area contributed by atoms with Crippen molar-refractivity contribution in [3.63, 3.8) is 0 Å². The monoisotopic (exact) mass is 331 g/mol. The second-order valence-electron chi connectivity index (χ2n) is 6.69. The zero-order chi connectivity index (χ0) is 17.5. The topological polar surface area (TPSA) is 66.6 Å². The van der Waals surface area contributed by atoms with Crippen molar-refractivity contribution >= 4 is 11.8 Å². The van der Waals surface area contributed by atoms with Gasteiger partial charge in [-0.05, 0) is 25.3 Å². The quantitative estimate of drug-likeness (QED) is 0.862. The third kappa shape index (κ3) is 5.06. The van der Waals surface area contributed by atoms with Gasteiger partial charge in [-0.25, -0.2) is 0 Å². The molecule has 0 aromatic heterocycles. The molecule has 0 bridgehead atoms. The van der Waals surface area contributed by atoms with Crippen LogP contribution in [-0.2, 0) is 16.0 Å². The van der Waals surface area contributed by atoms with Gasteiger partial charge in [0.1, 0.15) is 0 Å². The van der Waals surface area contributed by atoms with Gasteiger partial charge in [0, 0.05) is 38.6 Å². The van der Waals surface area contributed by atoms with Gasteiger partial charge in [0.15, 0.2) is 0 Å². The van der Waals surface area contributed by atoms with Crippen molar-refractivity contribution in [1.82, 2.24) is 9.80 Å². The Morgan fingerprint density at radius 1 is 1.04 bits per heavy atom. The number of hydrogen-bond donors (Lipinski definition) is 1. The van der Waals surface area contributed by atoms with Crippen molar-refractivity contribution < 1.29 is 9.59 Å². The minimum absolute atomic E-state index is 0.0983. The van der Waals surface area contributed by atoms with E-state index in [1.54, 1.807) is 0 Å². The van der Waals surface area contributed by atoms with Crippen LogP contribution in [0, 0.1) is 5.92 Å². The maximum absolute atomic E-state index is 12.3. The Balaban J connectivity index is 1.71. The van der Waals surface area contributed by atoms with Gasteiger partial charge in [0.2, 0.25) is 11.8 Å². The summed E-state index contributed by atoms with van der Waals surface area (Å²) in [6.45, 7) is 6.20. The van der Waals surface area contributed by atoms with Crippen LogP contribution in [0.2, 0.25) is 0 Å². The summed E-state index contributed by atoms with van der Waals surface area (Å²) in [6.07, 6.45) is 2.36. The first-order valence-electron chi connectivity index (χ1n) is 8.85. The van der Waals surface area contributed by atoms with Crippen LogP contribution >= 0.6 is 0 Å². The number of amides is 2. The van der Waals surface area contributed by atoms with Gasteiger partial charge in [0.05, 0.1) is 5.92 Å². The van der Waals surface area contributed by atoms with Crippen LogP contribution in [0.1, 0.15) is 32.3 Å². The van der Waals surface area contributed by atoms with Crippen LogP contribution in [-0.4, -0.2) is 53.8 Å². The van der Waals surface area contributed by atoms with Crippen LogP contribution in [0.3, 0.4) is 0 Å². The summed E-state index contributed by atoms with van der Waals surface area (Å²) in [6, 6.07) is 10.1. The molecule has 1 heterocycles. The summed E-state index contributed by atoms with van der Waals surface area (Å²) in [4.78, 5) is 28.3. The number of benzene rings is 1. The molecule has 0 saturated carbocycles. The third-order valence-corrected chi connectivity index (χ3v) is 4.82. The molecule has 2 rings (SSSR count). The van der Waals surface area contributed by atoms with E-state index in [1.807, 2.05) is 41.8 Å². The third-order valence-electron chi connectivity index (χ3n) is 4.82. The Kier molecular flexibility index (Phi) is 6.79. The second-order valence-corrected chi connectivity index (χ2v) is 6.69. The van der Waals surface area contributed by atoms with Crippen molar-refractivity contribution in [1.29, 1.82) is 0 Å². The molecule has 2 unspecified atom stereocenters. The first-order valence-corrected chi connectivity index (χ1v) is 8.85. The highest BCUT2D eigenvalue weighted by Crippen LogP contribution is 2.12. The molecular weight excluding hydrogens is 302 g/mol. The highest BCUT2D eigenvalue weighted by Gasteiger charge is 2.27. The molecule has 5 nitrogen and oxygen atoms in total. The van der Waals surface area contributed by atoms with Gasteiger partial charge in [-0.15, -0.1) is 0 Å². The molecule has 0 radical (unpaired) electrons. The number of aryl methyl sites for hydroxylation is 1. The van der Waals surface area contributed by atoms with Gasteiger partial charge in [-0.2, -0.15) is 0 Å². The van der Waals surface area contributed by atoms with E-state index in [0.717, 1.165) is 12.8 Å². The molecule has 1 aliphatic heterocycles. The lowest BCUT2D eigenvalue weighted by Gasteiger charge is -2.36. The number of piperazine rings is 1. The molecule has 1 aromatic carbocycles. The normalized spacial score (nSPS) is 17.5. The summed E-state index contributed by atoms with van der Waals surface area (Å²) >= 11 is 0. The lowest BCUT2D eigenvalue weighted by Crippen LogP contribution is -2.53. The predicted octanol–water partition coefficient (Wildman–Crippen LogP) is 1.66. The molecule has 2 amide bonds. The van der Waals surface area contributed by atoms with E-state index in [0.29, 0.717) is 32.6 Å². The molecule has 2 atom stereocenters. The van der Waals surface area contributed by atoms with Crippen LogP contribution in [0.4, 0.5) is 0 Å². The largest absolute Gasteiger partial charge is 0.339 e. The summed E-state index contributed by atoms with van der Waals surface area (Å²) in [7, 11) is 0. The van der Waals surface area contributed by atoms with E-state index in [9.17, 15) is 9.59 Å². The van der Waals surface area contributed by atoms with E-state index >= 15 is 0 Å². The van der Waals surface area contributed by atoms with Gasteiger partial charge in [-0.1, -0.05) is 37.3 Å². The van der Waals surface area contributed by atoms with E-state index in [2.05, 4.69) is 12.1 Å². The molecule has 132 valence electrons. The zero-order valence-corrected chi connectivity index (χ0v) is 14.8. The molecule has 2 N–H and O–H groups in total. The number of carbonyl (C=O) groups is 2. The minimum atomic E-state index is -0.168. The van der Waals surface area contributed by atoms with Crippen molar-refractivity contribution in [2.24, 2.45) is 11.7 Å². The van der Waals surface area contributed by atoms with Crippen LogP contribution in [0.5, 0.6) is 0 Å².